The number of quaternary nitrogens is 1. The van der Waals surface area contributed by atoms with Crippen molar-refractivity contribution in [3.63, 3.8) is 0 Å². The highest BCUT2D eigenvalue weighted by molar-refractivity contribution is 9.10. The maximum absolute atomic E-state index is 12.2. The first-order valence-corrected chi connectivity index (χ1v) is 8.72. The van der Waals surface area contributed by atoms with Crippen LogP contribution in [-0.4, -0.2) is 26.4 Å². The molecule has 6 nitrogen and oxygen atoms in total. The summed E-state index contributed by atoms with van der Waals surface area (Å²) in [7, 11) is 1.63. The molecule has 0 spiro atoms. The normalized spacial score (nSPS) is 13.4. The molecule has 2 aromatic carbocycles. The zero-order valence-electron chi connectivity index (χ0n) is 14.0. The van der Waals surface area contributed by atoms with Gasteiger partial charge in [0.1, 0.15) is 11.8 Å². The Labute approximate surface area is 154 Å². The predicted molar refractivity (Wildman–Crippen MR) is 97.1 cm³/mol. The summed E-state index contributed by atoms with van der Waals surface area (Å²) in [6.07, 6.45) is 0. The monoisotopic (exact) mass is 407 g/mol. The number of anilines is 1. The van der Waals surface area contributed by atoms with Gasteiger partial charge < -0.3 is 24.8 Å². The maximum Gasteiger partial charge on any atom is 0.279 e. The number of ether oxygens (including phenoxy) is 3. The van der Waals surface area contributed by atoms with Gasteiger partial charge in [0.05, 0.1) is 11.6 Å². The molecule has 7 heteroatoms. The lowest BCUT2D eigenvalue weighted by Crippen LogP contribution is -2.86. The van der Waals surface area contributed by atoms with E-state index in [2.05, 4.69) is 28.2 Å². The molecule has 0 saturated carbocycles. The Kier molecular flexibility index (Phi) is 5.45. The van der Waals surface area contributed by atoms with E-state index in [-0.39, 0.29) is 18.7 Å². The standard InChI is InChI=1S/C18H19BrN2O4/c1-11(12-3-5-15(23-2)14(19)7-12)20-9-18(22)21-13-4-6-16-17(8-13)25-10-24-16/h3-8,11,20H,9-10H2,1-2H3,(H,21,22)/p+1/t11-/m1/s1. The highest BCUT2D eigenvalue weighted by atomic mass is 79.9. The summed E-state index contributed by atoms with van der Waals surface area (Å²) in [5.74, 6) is 2.07. The van der Waals surface area contributed by atoms with Crippen LogP contribution in [0, 0.1) is 0 Å². The summed E-state index contributed by atoms with van der Waals surface area (Å²) in [4.78, 5) is 12.2. The molecule has 0 unspecified atom stereocenters. The van der Waals surface area contributed by atoms with Crippen LogP contribution in [0.1, 0.15) is 18.5 Å². The highest BCUT2D eigenvalue weighted by Gasteiger charge is 2.16. The fourth-order valence-electron chi connectivity index (χ4n) is 2.57. The van der Waals surface area contributed by atoms with E-state index in [4.69, 9.17) is 14.2 Å². The number of fused-ring (bicyclic) bond motifs is 1. The third kappa shape index (κ3) is 4.24. The Morgan fingerprint density at radius 2 is 2.08 bits per heavy atom. The molecule has 0 aromatic heterocycles. The summed E-state index contributed by atoms with van der Waals surface area (Å²) in [6.45, 7) is 2.59. The van der Waals surface area contributed by atoms with Gasteiger partial charge in [-0.05, 0) is 53.2 Å². The van der Waals surface area contributed by atoms with Crippen molar-refractivity contribution in [1.82, 2.24) is 0 Å². The molecule has 0 saturated heterocycles. The van der Waals surface area contributed by atoms with Gasteiger partial charge in [-0.15, -0.1) is 0 Å². The van der Waals surface area contributed by atoms with Crippen LogP contribution in [0.5, 0.6) is 17.2 Å². The number of carbonyl (C=O) groups is 1. The van der Waals surface area contributed by atoms with E-state index in [1.165, 1.54) is 0 Å². The number of carbonyl (C=O) groups excluding carboxylic acids is 1. The van der Waals surface area contributed by atoms with E-state index in [0.29, 0.717) is 23.7 Å². The average molecular weight is 408 g/mol. The van der Waals surface area contributed by atoms with Crippen LogP contribution >= 0.6 is 15.9 Å². The zero-order valence-corrected chi connectivity index (χ0v) is 15.6. The maximum atomic E-state index is 12.2. The fraction of sp³-hybridized carbons (Fsp3) is 0.278. The molecule has 3 N–H and O–H groups in total. The van der Waals surface area contributed by atoms with Gasteiger partial charge in [0.15, 0.2) is 18.0 Å². The molecule has 25 heavy (non-hydrogen) atoms. The Hall–Kier alpha value is -2.25. The van der Waals surface area contributed by atoms with Crippen molar-refractivity contribution in [2.75, 3.05) is 25.8 Å². The summed E-state index contributed by atoms with van der Waals surface area (Å²) in [5.41, 5.74) is 1.81. The number of amides is 1. The summed E-state index contributed by atoms with van der Waals surface area (Å²) >= 11 is 3.48. The molecular weight excluding hydrogens is 388 g/mol. The van der Waals surface area contributed by atoms with Gasteiger partial charge in [0.2, 0.25) is 6.79 Å². The van der Waals surface area contributed by atoms with Crippen LogP contribution in [0.4, 0.5) is 5.69 Å². The number of rotatable bonds is 6. The van der Waals surface area contributed by atoms with E-state index in [1.54, 1.807) is 25.3 Å². The minimum atomic E-state index is -0.0710. The van der Waals surface area contributed by atoms with E-state index in [0.717, 1.165) is 15.8 Å². The second-order valence-electron chi connectivity index (χ2n) is 5.74. The number of nitrogens with one attached hydrogen (secondary N) is 1. The largest absolute Gasteiger partial charge is 0.496 e. The third-order valence-electron chi connectivity index (χ3n) is 4.01. The van der Waals surface area contributed by atoms with Crippen LogP contribution in [0.25, 0.3) is 0 Å². The molecule has 1 aliphatic heterocycles. The van der Waals surface area contributed by atoms with Gasteiger partial charge >= 0.3 is 0 Å². The van der Waals surface area contributed by atoms with Gasteiger partial charge in [0.25, 0.3) is 5.91 Å². The number of nitrogens with two attached hydrogens (primary N) is 1. The molecule has 1 amide bonds. The minimum absolute atomic E-state index is 0.0710. The van der Waals surface area contributed by atoms with Crippen molar-refractivity contribution in [3.05, 3.63) is 46.4 Å². The van der Waals surface area contributed by atoms with E-state index >= 15 is 0 Å². The lowest BCUT2D eigenvalue weighted by atomic mass is 10.1. The lowest BCUT2D eigenvalue weighted by Gasteiger charge is -2.13. The zero-order chi connectivity index (χ0) is 17.8. The molecule has 132 valence electrons. The van der Waals surface area contributed by atoms with Crippen LogP contribution in [-0.2, 0) is 4.79 Å². The van der Waals surface area contributed by atoms with Crippen molar-refractivity contribution in [1.29, 1.82) is 0 Å². The Morgan fingerprint density at radius 1 is 1.28 bits per heavy atom. The second kappa shape index (κ2) is 7.76. The van der Waals surface area contributed by atoms with Gasteiger partial charge in [-0.1, -0.05) is 0 Å². The topological polar surface area (TPSA) is 73.4 Å². The van der Waals surface area contributed by atoms with Crippen molar-refractivity contribution in [2.24, 2.45) is 0 Å². The van der Waals surface area contributed by atoms with Crippen LogP contribution < -0.4 is 24.8 Å². The number of hydrogen-bond acceptors (Lipinski definition) is 4. The van der Waals surface area contributed by atoms with Crippen molar-refractivity contribution in [3.8, 4) is 17.2 Å². The van der Waals surface area contributed by atoms with Crippen LogP contribution in [0.3, 0.4) is 0 Å². The van der Waals surface area contributed by atoms with E-state index in [9.17, 15) is 4.79 Å². The Bertz CT molecular complexity index is 782. The molecule has 1 aliphatic rings. The van der Waals surface area contributed by atoms with Gasteiger partial charge in [-0.3, -0.25) is 4.79 Å². The molecule has 3 rings (SSSR count). The van der Waals surface area contributed by atoms with Crippen LogP contribution in [0.2, 0.25) is 0 Å². The van der Waals surface area contributed by atoms with E-state index in [1.807, 2.05) is 23.5 Å². The Balaban J connectivity index is 1.54. The average Bonchev–Trinajstić information content (AvgIpc) is 3.07. The van der Waals surface area contributed by atoms with Gasteiger partial charge in [-0.25, -0.2) is 0 Å². The molecule has 1 heterocycles. The number of benzene rings is 2. The number of methoxy groups -OCH3 is 1. The SMILES string of the molecule is COc1ccc([C@@H](C)[NH2+]CC(=O)Nc2ccc3c(c2)OCO3)cc1Br. The molecule has 2 aromatic rings. The number of halogens is 1. The predicted octanol–water partition coefficient (Wildman–Crippen LogP) is 2.45. The van der Waals surface area contributed by atoms with Crippen LogP contribution in [0.15, 0.2) is 40.9 Å². The fourth-order valence-corrected chi connectivity index (χ4v) is 3.13. The van der Waals surface area contributed by atoms with E-state index < -0.39 is 0 Å². The van der Waals surface area contributed by atoms with Crippen molar-refractivity contribution >= 4 is 27.5 Å². The quantitative estimate of drug-likeness (QED) is 0.771. The first kappa shape index (κ1) is 17.6. The van der Waals surface area contributed by atoms with Crippen molar-refractivity contribution in [2.45, 2.75) is 13.0 Å². The molecule has 0 radical (unpaired) electrons. The second-order valence-corrected chi connectivity index (χ2v) is 6.59. The smallest absolute Gasteiger partial charge is 0.279 e. The number of hydrogen-bond donors (Lipinski definition) is 2. The first-order valence-electron chi connectivity index (χ1n) is 7.93. The minimum Gasteiger partial charge on any atom is -0.496 e. The van der Waals surface area contributed by atoms with Gasteiger partial charge in [0, 0.05) is 17.3 Å². The first-order chi connectivity index (χ1) is 12.1. The molecule has 0 fully saturated rings. The summed E-state index contributed by atoms with van der Waals surface area (Å²) < 4.78 is 16.7. The summed E-state index contributed by atoms with van der Waals surface area (Å²) in [5, 5.41) is 4.86. The van der Waals surface area contributed by atoms with Gasteiger partial charge in [-0.2, -0.15) is 0 Å². The highest BCUT2D eigenvalue weighted by Crippen LogP contribution is 2.34. The molecule has 0 aliphatic carbocycles. The Morgan fingerprint density at radius 3 is 2.84 bits per heavy atom. The summed E-state index contributed by atoms with van der Waals surface area (Å²) in [6, 6.07) is 11.4. The molecule has 1 atom stereocenters. The third-order valence-corrected chi connectivity index (χ3v) is 4.63. The molecule has 0 bridgehead atoms. The lowest BCUT2D eigenvalue weighted by molar-refractivity contribution is -0.682. The molecular formula is C18H20BrN2O4+. The van der Waals surface area contributed by atoms with Crippen molar-refractivity contribution < 1.29 is 24.3 Å².